The van der Waals surface area contributed by atoms with Gasteiger partial charge in [0.25, 0.3) is 0 Å². The van der Waals surface area contributed by atoms with Gasteiger partial charge in [0.05, 0.1) is 0 Å². The summed E-state index contributed by atoms with van der Waals surface area (Å²) in [7, 11) is 0. The Balaban J connectivity index is 1.95. The van der Waals surface area contributed by atoms with Gasteiger partial charge in [-0.3, -0.25) is 4.79 Å². The molecule has 4 heteroatoms. The Hall–Kier alpha value is -1.65. The Morgan fingerprint density at radius 3 is 2.90 bits per heavy atom. The van der Waals surface area contributed by atoms with Crippen LogP contribution in [0.3, 0.4) is 0 Å². The van der Waals surface area contributed by atoms with E-state index in [1.165, 1.54) is 10.4 Å². The summed E-state index contributed by atoms with van der Waals surface area (Å²) in [4.78, 5) is 13.0. The molecule has 1 aromatic carbocycles. The van der Waals surface area contributed by atoms with Gasteiger partial charge < -0.3 is 10.1 Å². The number of aryl methyl sites for hydroxylation is 1. The van der Waals surface area contributed by atoms with Crippen LogP contribution in [0.25, 0.3) is 10.4 Å². The lowest BCUT2D eigenvalue weighted by atomic mass is 10.1. The van der Waals surface area contributed by atoms with Crippen LogP contribution in [0, 0.1) is 6.92 Å². The normalized spacial score (nSPS) is 10.6. The standard InChI is InChI=1S/C17H21NO2S/c1-3-4-9-20-12-16(19)18-15-7-5-6-14(11-15)17-13(2)8-10-21-17/h5-8,10-11H,3-4,9,12H2,1-2H3,(H,18,19). The smallest absolute Gasteiger partial charge is 0.250 e. The molecule has 21 heavy (non-hydrogen) atoms. The van der Waals surface area contributed by atoms with Crippen molar-refractivity contribution < 1.29 is 9.53 Å². The van der Waals surface area contributed by atoms with Crippen molar-refractivity contribution in [1.82, 2.24) is 0 Å². The topological polar surface area (TPSA) is 38.3 Å². The van der Waals surface area contributed by atoms with Crippen molar-refractivity contribution in [3.05, 3.63) is 41.3 Å². The number of thiophene rings is 1. The third-order valence-corrected chi connectivity index (χ3v) is 4.21. The number of amides is 1. The first kappa shape index (κ1) is 15.7. The van der Waals surface area contributed by atoms with Crippen LogP contribution in [0.5, 0.6) is 0 Å². The van der Waals surface area contributed by atoms with E-state index in [4.69, 9.17) is 4.74 Å². The number of nitrogens with one attached hydrogen (secondary N) is 1. The molecule has 112 valence electrons. The molecule has 0 aliphatic carbocycles. The van der Waals surface area contributed by atoms with Crippen molar-refractivity contribution in [2.45, 2.75) is 26.7 Å². The third-order valence-electron chi connectivity index (χ3n) is 3.15. The predicted molar refractivity (Wildman–Crippen MR) is 88.8 cm³/mol. The van der Waals surface area contributed by atoms with Crippen molar-refractivity contribution in [1.29, 1.82) is 0 Å². The first-order valence-corrected chi connectivity index (χ1v) is 8.10. The lowest BCUT2D eigenvalue weighted by Crippen LogP contribution is -2.18. The molecule has 1 aromatic heterocycles. The molecule has 3 nitrogen and oxygen atoms in total. The maximum atomic E-state index is 11.8. The van der Waals surface area contributed by atoms with Crippen LogP contribution in [-0.2, 0) is 9.53 Å². The van der Waals surface area contributed by atoms with Crippen LogP contribution < -0.4 is 5.32 Å². The first-order chi connectivity index (χ1) is 10.2. The molecule has 0 spiro atoms. The molecule has 1 heterocycles. The first-order valence-electron chi connectivity index (χ1n) is 7.23. The largest absolute Gasteiger partial charge is 0.372 e. The molecule has 0 aliphatic rings. The van der Waals surface area contributed by atoms with E-state index in [1.807, 2.05) is 18.2 Å². The van der Waals surface area contributed by atoms with Gasteiger partial charge in [0.2, 0.25) is 5.91 Å². The number of rotatable bonds is 7. The molecule has 2 rings (SSSR count). The highest BCUT2D eigenvalue weighted by atomic mass is 32.1. The lowest BCUT2D eigenvalue weighted by molar-refractivity contribution is -0.120. The molecule has 0 aliphatic heterocycles. The van der Waals surface area contributed by atoms with Gasteiger partial charge >= 0.3 is 0 Å². The number of hydrogen-bond acceptors (Lipinski definition) is 3. The van der Waals surface area contributed by atoms with E-state index >= 15 is 0 Å². The van der Waals surface area contributed by atoms with Crippen LogP contribution in [0.1, 0.15) is 25.3 Å². The molecule has 0 radical (unpaired) electrons. The minimum absolute atomic E-state index is 0.105. The van der Waals surface area contributed by atoms with Crippen molar-refractivity contribution in [3.8, 4) is 10.4 Å². The molecule has 0 fully saturated rings. The van der Waals surface area contributed by atoms with Crippen LogP contribution in [0.4, 0.5) is 5.69 Å². The third kappa shape index (κ3) is 4.69. The molecular formula is C17H21NO2S. The minimum atomic E-state index is -0.105. The van der Waals surface area contributed by atoms with E-state index < -0.39 is 0 Å². The average molecular weight is 303 g/mol. The molecule has 0 atom stereocenters. The van der Waals surface area contributed by atoms with Crippen molar-refractivity contribution in [2.24, 2.45) is 0 Å². The summed E-state index contributed by atoms with van der Waals surface area (Å²) in [6, 6.07) is 10.0. The van der Waals surface area contributed by atoms with Gasteiger partial charge in [-0.15, -0.1) is 11.3 Å². The number of hydrogen-bond donors (Lipinski definition) is 1. The van der Waals surface area contributed by atoms with E-state index in [-0.39, 0.29) is 12.5 Å². The second-order valence-electron chi connectivity index (χ2n) is 4.97. The maximum Gasteiger partial charge on any atom is 0.250 e. The van der Waals surface area contributed by atoms with E-state index in [9.17, 15) is 4.79 Å². The summed E-state index contributed by atoms with van der Waals surface area (Å²) < 4.78 is 5.32. The van der Waals surface area contributed by atoms with E-state index in [1.54, 1.807) is 11.3 Å². The molecule has 0 saturated heterocycles. The second kappa shape index (κ2) is 7.96. The Bertz CT molecular complexity index is 592. The van der Waals surface area contributed by atoms with Crippen LogP contribution in [-0.4, -0.2) is 19.1 Å². The molecule has 1 N–H and O–H groups in total. The number of carbonyl (C=O) groups excluding carboxylic acids is 1. The zero-order valence-corrected chi connectivity index (χ0v) is 13.3. The lowest BCUT2D eigenvalue weighted by Gasteiger charge is -2.08. The van der Waals surface area contributed by atoms with Crippen molar-refractivity contribution in [2.75, 3.05) is 18.5 Å². The van der Waals surface area contributed by atoms with Gasteiger partial charge in [0.1, 0.15) is 6.61 Å². The van der Waals surface area contributed by atoms with E-state index in [0.29, 0.717) is 6.61 Å². The molecule has 0 bridgehead atoms. The minimum Gasteiger partial charge on any atom is -0.372 e. The molecule has 0 saturated carbocycles. The highest BCUT2D eigenvalue weighted by molar-refractivity contribution is 7.13. The van der Waals surface area contributed by atoms with Gasteiger partial charge in [-0.25, -0.2) is 0 Å². The Morgan fingerprint density at radius 2 is 2.19 bits per heavy atom. The van der Waals surface area contributed by atoms with Crippen LogP contribution in [0.2, 0.25) is 0 Å². The summed E-state index contributed by atoms with van der Waals surface area (Å²) in [5.41, 5.74) is 3.20. The average Bonchev–Trinajstić information content (AvgIpc) is 2.90. The van der Waals surface area contributed by atoms with Gasteiger partial charge in [0, 0.05) is 17.2 Å². The fourth-order valence-corrected chi connectivity index (χ4v) is 2.94. The fourth-order valence-electron chi connectivity index (χ4n) is 2.01. The summed E-state index contributed by atoms with van der Waals surface area (Å²) in [5, 5.41) is 4.96. The SMILES string of the molecule is CCCCOCC(=O)Nc1cccc(-c2sccc2C)c1. The zero-order chi connectivity index (χ0) is 15.1. The number of benzene rings is 1. The summed E-state index contributed by atoms with van der Waals surface area (Å²) >= 11 is 1.71. The maximum absolute atomic E-state index is 11.8. The second-order valence-corrected chi connectivity index (χ2v) is 5.88. The van der Waals surface area contributed by atoms with Crippen LogP contribution in [0.15, 0.2) is 35.7 Å². The van der Waals surface area contributed by atoms with Gasteiger partial charge in [-0.2, -0.15) is 0 Å². The summed E-state index contributed by atoms with van der Waals surface area (Å²) in [6.45, 7) is 4.95. The number of ether oxygens (including phenoxy) is 1. The van der Waals surface area contributed by atoms with Gasteiger partial charge in [0.15, 0.2) is 0 Å². The number of anilines is 1. The quantitative estimate of drug-likeness (QED) is 0.766. The van der Waals surface area contributed by atoms with Crippen molar-refractivity contribution in [3.63, 3.8) is 0 Å². The van der Waals surface area contributed by atoms with Gasteiger partial charge in [-0.05, 0) is 48.1 Å². The van der Waals surface area contributed by atoms with E-state index in [2.05, 4.69) is 36.7 Å². The fraction of sp³-hybridized carbons (Fsp3) is 0.353. The number of unbranched alkanes of at least 4 members (excludes halogenated alkanes) is 1. The Labute approximate surface area is 130 Å². The van der Waals surface area contributed by atoms with E-state index in [0.717, 1.165) is 24.1 Å². The summed E-state index contributed by atoms with van der Waals surface area (Å²) in [6.07, 6.45) is 2.06. The molecule has 1 amide bonds. The molecular weight excluding hydrogens is 282 g/mol. The Kier molecular flexibility index (Phi) is 5.96. The summed E-state index contributed by atoms with van der Waals surface area (Å²) in [5.74, 6) is -0.105. The van der Waals surface area contributed by atoms with Gasteiger partial charge in [-0.1, -0.05) is 25.5 Å². The van der Waals surface area contributed by atoms with Crippen LogP contribution >= 0.6 is 11.3 Å². The Morgan fingerprint density at radius 1 is 1.33 bits per heavy atom. The molecule has 0 unspecified atom stereocenters. The highest BCUT2D eigenvalue weighted by Gasteiger charge is 2.06. The zero-order valence-electron chi connectivity index (χ0n) is 12.5. The monoisotopic (exact) mass is 303 g/mol. The van der Waals surface area contributed by atoms with Crippen molar-refractivity contribution >= 4 is 22.9 Å². The molecule has 2 aromatic rings. The number of carbonyl (C=O) groups is 1. The predicted octanol–water partition coefficient (Wildman–Crippen LogP) is 4.48. The highest BCUT2D eigenvalue weighted by Crippen LogP contribution is 2.30.